The van der Waals surface area contributed by atoms with Crippen LogP contribution in [0.1, 0.15) is 38.4 Å². The van der Waals surface area contributed by atoms with Crippen LogP contribution in [0.5, 0.6) is 0 Å². The van der Waals surface area contributed by atoms with Gasteiger partial charge in [-0.3, -0.25) is 9.25 Å². The van der Waals surface area contributed by atoms with E-state index in [2.05, 4.69) is 34.8 Å². The first-order valence-corrected chi connectivity index (χ1v) is 8.55. The second-order valence-corrected chi connectivity index (χ2v) is 6.32. The van der Waals surface area contributed by atoms with Gasteiger partial charge in [-0.1, -0.05) is 13.3 Å². The average Bonchev–Trinajstić information content (AvgIpc) is 2.85. The number of aromatic amines is 1. The molecular weight excluding hydrogens is 276 g/mol. The molecule has 4 nitrogen and oxygen atoms in total. The van der Waals surface area contributed by atoms with Crippen LogP contribution in [0, 0.1) is 4.77 Å². The number of aromatic nitrogens is 4. The Balaban J connectivity index is 2.49. The molecular formula is C13H22N4S2. The van der Waals surface area contributed by atoms with Crippen LogP contribution in [0.25, 0.3) is 11.2 Å². The molecule has 0 radical (unpaired) electrons. The Morgan fingerprint density at radius 3 is 2.84 bits per heavy atom. The molecule has 0 aliphatic rings. The average molecular weight is 298 g/mol. The minimum atomic E-state index is 0.401. The fraction of sp³-hybridized carbons (Fsp3) is 0.692. The Bertz CT molecular complexity index is 608. The summed E-state index contributed by atoms with van der Waals surface area (Å²) >= 11 is 7.37. The van der Waals surface area contributed by atoms with Crippen molar-refractivity contribution in [3.63, 3.8) is 0 Å². The lowest BCUT2D eigenvalue weighted by molar-refractivity contribution is 0.529. The number of imidazole rings is 1. The van der Waals surface area contributed by atoms with Crippen LogP contribution in [-0.4, -0.2) is 31.3 Å². The van der Waals surface area contributed by atoms with Crippen molar-refractivity contribution in [1.29, 1.82) is 0 Å². The summed E-state index contributed by atoms with van der Waals surface area (Å²) in [4.78, 5) is 3.35. The minimum absolute atomic E-state index is 0.401. The number of nitrogens with one attached hydrogen (secondary N) is 1. The van der Waals surface area contributed by atoms with Gasteiger partial charge in [0.25, 0.3) is 0 Å². The molecule has 0 aromatic carbocycles. The molecule has 6 heteroatoms. The van der Waals surface area contributed by atoms with Gasteiger partial charge in [-0.05, 0) is 44.0 Å². The van der Waals surface area contributed by atoms with E-state index in [0.29, 0.717) is 6.04 Å². The SMILES string of the molecule is CCCc1nn(C)c2c1[nH]c(=S)n2C(C)CCSC. The molecule has 0 bridgehead atoms. The third-order valence-electron chi connectivity index (χ3n) is 3.44. The number of H-pyrrole nitrogens is 1. The molecule has 0 aliphatic carbocycles. The van der Waals surface area contributed by atoms with E-state index in [1.165, 1.54) is 0 Å². The number of fused-ring (bicyclic) bond motifs is 1. The number of hydrogen-bond acceptors (Lipinski definition) is 3. The summed E-state index contributed by atoms with van der Waals surface area (Å²) in [7, 11) is 2.00. The number of nitrogens with zero attached hydrogens (tertiary/aromatic N) is 3. The van der Waals surface area contributed by atoms with Crippen LogP contribution < -0.4 is 0 Å². The molecule has 2 rings (SSSR count). The zero-order chi connectivity index (χ0) is 14.0. The zero-order valence-corrected chi connectivity index (χ0v) is 13.7. The van der Waals surface area contributed by atoms with Gasteiger partial charge < -0.3 is 4.98 Å². The van der Waals surface area contributed by atoms with Crippen molar-refractivity contribution in [2.45, 2.75) is 39.2 Å². The maximum absolute atomic E-state index is 5.50. The van der Waals surface area contributed by atoms with Crippen LogP contribution in [0.2, 0.25) is 0 Å². The van der Waals surface area contributed by atoms with E-state index in [-0.39, 0.29) is 0 Å². The van der Waals surface area contributed by atoms with Crippen molar-refractivity contribution in [1.82, 2.24) is 19.3 Å². The van der Waals surface area contributed by atoms with E-state index < -0.39 is 0 Å². The Morgan fingerprint density at radius 1 is 1.47 bits per heavy atom. The lowest BCUT2D eigenvalue weighted by Crippen LogP contribution is -2.09. The van der Waals surface area contributed by atoms with Crippen molar-refractivity contribution in [2.75, 3.05) is 12.0 Å². The Kier molecular flexibility index (Phi) is 4.73. The first-order chi connectivity index (χ1) is 9.10. The van der Waals surface area contributed by atoms with Gasteiger partial charge in [-0.15, -0.1) is 0 Å². The van der Waals surface area contributed by atoms with Crippen molar-refractivity contribution < 1.29 is 0 Å². The molecule has 19 heavy (non-hydrogen) atoms. The fourth-order valence-corrected chi connectivity index (χ4v) is 3.42. The first-order valence-electron chi connectivity index (χ1n) is 6.75. The maximum Gasteiger partial charge on any atom is 0.179 e. The van der Waals surface area contributed by atoms with Crippen LogP contribution in [0.4, 0.5) is 0 Å². The predicted molar refractivity (Wildman–Crippen MR) is 85.6 cm³/mol. The molecule has 0 spiro atoms. The number of thioether (sulfide) groups is 1. The normalized spacial score (nSPS) is 13.3. The van der Waals surface area contributed by atoms with Gasteiger partial charge in [0.1, 0.15) is 5.52 Å². The highest BCUT2D eigenvalue weighted by atomic mass is 32.2. The Morgan fingerprint density at radius 2 is 2.21 bits per heavy atom. The number of aryl methyl sites for hydroxylation is 2. The second-order valence-electron chi connectivity index (χ2n) is 4.95. The molecule has 0 aliphatic heterocycles. The third-order valence-corrected chi connectivity index (χ3v) is 4.38. The summed E-state index contributed by atoms with van der Waals surface area (Å²) in [6.07, 6.45) is 5.35. The Labute approximate surface area is 123 Å². The highest BCUT2D eigenvalue weighted by Gasteiger charge is 2.17. The van der Waals surface area contributed by atoms with E-state index in [0.717, 1.165) is 46.6 Å². The third kappa shape index (κ3) is 2.74. The highest BCUT2D eigenvalue weighted by molar-refractivity contribution is 7.98. The zero-order valence-electron chi connectivity index (χ0n) is 12.1. The minimum Gasteiger partial charge on any atom is -0.328 e. The van der Waals surface area contributed by atoms with Gasteiger partial charge in [-0.25, -0.2) is 0 Å². The quantitative estimate of drug-likeness (QED) is 0.826. The van der Waals surface area contributed by atoms with Gasteiger partial charge >= 0.3 is 0 Å². The molecule has 106 valence electrons. The summed E-state index contributed by atoms with van der Waals surface area (Å²) in [5.74, 6) is 1.15. The summed E-state index contributed by atoms with van der Waals surface area (Å²) in [5.41, 5.74) is 3.37. The monoisotopic (exact) mass is 298 g/mol. The van der Waals surface area contributed by atoms with Crippen LogP contribution >= 0.6 is 24.0 Å². The smallest absolute Gasteiger partial charge is 0.179 e. The largest absolute Gasteiger partial charge is 0.328 e. The molecule has 2 heterocycles. The van der Waals surface area contributed by atoms with Gasteiger partial charge in [-0.2, -0.15) is 16.9 Å². The van der Waals surface area contributed by atoms with Gasteiger partial charge in [0.05, 0.1) is 5.69 Å². The molecule has 0 amide bonds. The van der Waals surface area contributed by atoms with Crippen molar-refractivity contribution in [3.8, 4) is 0 Å². The number of rotatable bonds is 6. The molecule has 0 saturated carbocycles. The molecule has 1 N–H and O–H groups in total. The fourth-order valence-electron chi connectivity index (χ4n) is 2.48. The van der Waals surface area contributed by atoms with E-state index in [1.807, 2.05) is 23.5 Å². The molecule has 1 unspecified atom stereocenters. The van der Waals surface area contributed by atoms with Crippen molar-refractivity contribution in [3.05, 3.63) is 10.5 Å². The Hall–Kier alpha value is -0.750. The van der Waals surface area contributed by atoms with Crippen LogP contribution in [-0.2, 0) is 13.5 Å². The summed E-state index contributed by atoms with van der Waals surface area (Å²) in [6.45, 7) is 4.40. The lowest BCUT2D eigenvalue weighted by Gasteiger charge is -2.13. The summed E-state index contributed by atoms with van der Waals surface area (Å²) in [6, 6.07) is 0.401. The van der Waals surface area contributed by atoms with Gasteiger partial charge in [0.15, 0.2) is 10.4 Å². The molecule has 0 saturated heterocycles. The van der Waals surface area contributed by atoms with Gasteiger partial charge in [0.2, 0.25) is 0 Å². The van der Waals surface area contributed by atoms with Crippen molar-refractivity contribution >= 4 is 35.1 Å². The summed E-state index contributed by atoms with van der Waals surface area (Å²) in [5, 5.41) is 4.62. The van der Waals surface area contributed by atoms with E-state index >= 15 is 0 Å². The van der Waals surface area contributed by atoms with Gasteiger partial charge in [0, 0.05) is 13.1 Å². The van der Waals surface area contributed by atoms with Crippen molar-refractivity contribution in [2.24, 2.45) is 7.05 Å². The summed E-state index contributed by atoms with van der Waals surface area (Å²) < 4.78 is 4.99. The molecule has 2 aromatic heterocycles. The van der Waals surface area contributed by atoms with Crippen LogP contribution in [0.15, 0.2) is 0 Å². The number of hydrogen-bond donors (Lipinski definition) is 1. The standard InChI is InChI=1S/C13H22N4S2/c1-5-6-10-11-12(16(3)15-10)17(13(18)14-11)9(2)7-8-19-4/h9H,5-8H2,1-4H3,(H,14,18). The maximum atomic E-state index is 5.50. The highest BCUT2D eigenvalue weighted by Crippen LogP contribution is 2.24. The molecule has 2 aromatic rings. The molecule has 1 atom stereocenters. The van der Waals surface area contributed by atoms with E-state index in [4.69, 9.17) is 12.2 Å². The second kappa shape index (κ2) is 6.13. The lowest BCUT2D eigenvalue weighted by atomic mass is 10.2. The van der Waals surface area contributed by atoms with Crippen LogP contribution in [0.3, 0.4) is 0 Å². The first kappa shape index (κ1) is 14.7. The molecule has 0 fully saturated rings. The topological polar surface area (TPSA) is 38.5 Å². The van der Waals surface area contributed by atoms with E-state index in [1.54, 1.807) is 0 Å². The van der Waals surface area contributed by atoms with E-state index in [9.17, 15) is 0 Å². The predicted octanol–water partition coefficient (Wildman–Crippen LogP) is 3.70.